The van der Waals surface area contributed by atoms with Gasteiger partial charge in [-0.1, -0.05) is 35.9 Å². The van der Waals surface area contributed by atoms with Gasteiger partial charge in [0.05, 0.1) is 19.1 Å². The van der Waals surface area contributed by atoms with Crippen molar-refractivity contribution >= 4 is 27.5 Å². The van der Waals surface area contributed by atoms with Crippen molar-refractivity contribution in [2.24, 2.45) is 0 Å². The average Bonchev–Trinajstić information content (AvgIpc) is 2.74. The molecule has 2 aromatic rings. The summed E-state index contributed by atoms with van der Waals surface area (Å²) in [4.78, 5) is 27.9. The summed E-state index contributed by atoms with van der Waals surface area (Å²) in [6.07, 6.45) is 1.04. The number of carbonyl (C=O) groups is 2. The first-order chi connectivity index (χ1) is 15.7. The van der Waals surface area contributed by atoms with E-state index in [4.69, 9.17) is 4.74 Å². The van der Waals surface area contributed by atoms with E-state index < -0.39 is 34.1 Å². The molecule has 0 saturated heterocycles. The number of aryl methyl sites for hydroxylation is 1. The van der Waals surface area contributed by atoms with Crippen LogP contribution < -0.4 is 14.4 Å². The van der Waals surface area contributed by atoms with Gasteiger partial charge in [0.15, 0.2) is 0 Å². The van der Waals surface area contributed by atoms with E-state index in [0.29, 0.717) is 11.4 Å². The first-order valence-electron chi connectivity index (χ1n) is 11.0. The molecule has 186 valence electrons. The van der Waals surface area contributed by atoms with Crippen molar-refractivity contribution < 1.29 is 22.7 Å². The summed E-state index contributed by atoms with van der Waals surface area (Å²) in [5, 5.41) is 2.90. The number of hydrogen-bond acceptors (Lipinski definition) is 5. The van der Waals surface area contributed by atoms with Crippen molar-refractivity contribution in [2.75, 3.05) is 24.2 Å². The van der Waals surface area contributed by atoms with E-state index in [1.54, 1.807) is 31.2 Å². The molecule has 34 heavy (non-hydrogen) atoms. The molecule has 9 heteroatoms. The second kappa shape index (κ2) is 10.9. The zero-order valence-corrected chi connectivity index (χ0v) is 21.8. The van der Waals surface area contributed by atoms with Crippen molar-refractivity contribution in [2.45, 2.75) is 52.7 Å². The van der Waals surface area contributed by atoms with Gasteiger partial charge in [-0.2, -0.15) is 0 Å². The first kappa shape index (κ1) is 27.2. The molecule has 0 saturated carbocycles. The quantitative estimate of drug-likeness (QED) is 0.584. The average molecular weight is 490 g/mol. The van der Waals surface area contributed by atoms with Crippen LogP contribution in [0.15, 0.2) is 48.5 Å². The summed E-state index contributed by atoms with van der Waals surface area (Å²) in [7, 11) is -2.31. The molecule has 8 nitrogen and oxygen atoms in total. The van der Waals surface area contributed by atoms with Gasteiger partial charge in [0.25, 0.3) is 0 Å². The lowest BCUT2D eigenvalue weighted by Gasteiger charge is -2.33. The SMILES string of the molecule is COc1cccc(N(CC(=O)N(Cc2ccc(C)cc2)[C@H](C)C(=O)NC(C)(C)C)S(C)(=O)=O)c1. The Balaban J connectivity index is 2.41. The number of sulfonamides is 1. The molecule has 0 heterocycles. The number of benzene rings is 2. The van der Waals surface area contributed by atoms with Gasteiger partial charge in [-0.3, -0.25) is 13.9 Å². The van der Waals surface area contributed by atoms with Gasteiger partial charge in [-0.05, 0) is 52.3 Å². The molecule has 2 aromatic carbocycles. The van der Waals surface area contributed by atoms with Gasteiger partial charge < -0.3 is 15.0 Å². The Labute approximate surface area is 202 Å². The summed E-state index contributed by atoms with van der Waals surface area (Å²) in [5.41, 5.74) is 1.73. The summed E-state index contributed by atoms with van der Waals surface area (Å²) in [6.45, 7) is 8.89. The molecule has 0 radical (unpaired) electrons. The highest BCUT2D eigenvalue weighted by atomic mass is 32.2. The van der Waals surface area contributed by atoms with Crippen LogP contribution in [-0.4, -0.2) is 56.6 Å². The Bertz CT molecular complexity index is 1110. The lowest BCUT2D eigenvalue weighted by Crippen LogP contribution is -2.54. The highest BCUT2D eigenvalue weighted by molar-refractivity contribution is 7.92. The molecule has 2 amide bonds. The molecule has 0 aliphatic rings. The molecule has 2 rings (SSSR count). The molecule has 0 bridgehead atoms. The standard InChI is InChI=1S/C25H35N3O5S/c1-18-11-13-20(14-12-18)16-27(19(2)24(30)26-25(3,4)5)23(29)17-28(34(7,31)32)21-9-8-10-22(15-21)33-6/h8-15,19H,16-17H2,1-7H3,(H,26,30)/t19-/m1/s1. The summed E-state index contributed by atoms with van der Waals surface area (Å²) in [5.74, 6) is -0.348. The maximum Gasteiger partial charge on any atom is 0.244 e. The van der Waals surface area contributed by atoms with Crippen molar-refractivity contribution in [3.05, 3.63) is 59.7 Å². The van der Waals surface area contributed by atoms with Crippen LogP contribution in [0.4, 0.5) is 5.69 Å². The number of carbonyl (C=O) groups excluding carboxylic acids is 2. The Morgan fingerprint density at radius 3 is 2.24 bits per heavy atom. The zero-order valence-electron chi connectivity index (χ0n) is 21.0. The Kier molecular flexibility index (Phi) is 8.72. The van der Waals surface area contributed by atoms with Crippen molar-refractivity contribution in [3.8, 4) is 5.75 Å². The molecule has 1 N–H and O–H groups in total. The highest BCUT2D eigenvalue weighted by Crippen LogP contribution is 2.24. The topological polar surface area (TPSA) is 96.0 Å². The van der Waals surface area contributed by atoms with Gasteiger partial charge in [0.2, 0.25) is 21.8 Å². The van der Waals surface area contributed by atoms with E-state index in [1.165, 1.54) is 12.0 Å². The normalized spacial score (nSPS) is 12.6. The molecule has 0 spiro atoms. The van der Waals surface area contributed by atoms with Crippen LogP contribution in [0.2, 0.25) is 0 Å². The van der Waals surface area contributed by atoms with Crippen molar-refractivity contribution in [1.82, 2.24) is 10.2 Å². The Morgan fingerprint density at radius 1 is 1.09 bits per heavy atom. The predicted octanol–water partition coefficient (Wildman–Crippen LogP) is 3.10. The number of methoxy groups -OCH3 is 1. The van der Waals surface area contributed by atoms with Gasteiger partial charge >= 0.3 is 0 Å². The molecule has 0 unspecified atom stereocenters. The minimum Gasteiger partial charge on any atom is -0.497 e. The number of amides is 2. The lowest BCUT2D eigenvalue weighted by atomic mass is 10.1. The van der Waals surface area contributed by atoms with Gasteiger partial charge in [0, 0.05) is 18.2 Å². The monoisotopic (exact) mass is 489 g/mol. The second-order valence-electron chi connectivity index (χ2n) is 9.39. The maximum absolute atomic E-state index is 13.5. The Morgan fingerprint density at radius 2 is 1.71 bits per heavy atom. The minimum atomic E-state index is -3.80. The van der Waals surface area contributed by atoms with Crippen LogP contribution in [0.25, 0.3) is 0 Å². The number of nitrogens with zero attached hydrogens (tertiary/aromatic N) is 2. The van der Waals surface area contributed by atoms with Crippen LogP contribution in [-0.2, 0) is 26.2 Å². The number of nitrogens with one attached hydrogen (secondary N) is 1. The molecular formula is C25H35N3O5S. The van der Waals surface area contributed by atoms with E-state index in [-0.39, 0.29) is 12.5 Å². The van der Waals surface area contributed by atoms with Crippen LogP contribution >= 0.6 is 0 Å². The van der Waals surface area contributed by atoms with E-state index in [2.05, 4.69) is 5.32 Å². The number of hydrogen-bond donors (Lipinski definition) is 1. The lowest BCUT2D eigenvalue weighted by molar-refractivity contribution is -0.140. The fourth-order valence-electron chi connectivity index (χ4n) is 3.33. The largest absolute Gasteiger partial charge is 0.497 e. The van der Waals surface area contributed by atoms with Crippen molar-refractivity contribution in [1.29, 1.82) is 0 Å². The van der Waals surface area contributed by atoms with Crippen LogP contribution in [0.1, 0.15) is 38.8 Å². The fraction of sp³-hybridized carbons (Fsp3) is 0.440. The fourth-order valence-corrected chi connectivity index (χ4v) is 4.17. The second-order valence-corrected chi connectivity index (χ2v) is 11.3. The maximum atomic E-state index is 13.5. The summed E-state index contributed by atoms with van der Waals surface area (Å²) < 4.78 is 31.5. The van der Waals surface area contributed by atoms with E-state index in [9.17, 15) is 18.0 Å². The molecule has 0 aliphatic heterocycles. The van der Waals surface area contributed by atoms with Gasteiger partial charge in [-0.15, -0.1) is 0 Å². The van der Waals surface area contributed by atoms with Crippen LogP contribution in [0.5, 0.6) is 5.75 Å². The highest BCUT2D eigenvalue weighted by Gasteiger charge is 2.31. The number of rotatable bonds is 9. The van der Waals surface area contributed by atoms with Crippen LogP contribution in [0.3, 0.4) is 0 Å². The third-order valence-electron chi connectivity index (χ3n) is 5.16. The molecule has 0 aliphatic carbocycles. The third-order valence-corrected chi connectivity index (χ3v) is 6.30. The van der Waals surface area contributed by atoms with E-state index >= 15 is 0 Å². The number of anilines is 1. The third kappa shape index (κ3) is 7.76. The minimum absolute atomic E-state index is 0.160. The van der Waals surface area contributed by atoms with Gasteiger partial charge in [0.1, 0.15) is 18.3 Å². The summed E-state index contributed by atoms with van der Waals surface area (Å²) >= 11 is 0. The smallest absolute Gasteiger partial charge is 0.244 e. The predicted molar refractivity (Wildman–Crippen MR) is 134 cm³/mol. The summed E-state index contributed by atoms with van der Waals surface area (Å²) in [6, 6.07) is 13.3. The van der Waals surface area contributed by atoms with E-state index in [0.717, 1.165) is 21.7 Å². The Hall–Kier alpha value is -3.07. The van der Waals surface area contributed by atoms with E-state index in [1.807, 2.05) is 52.0 Å². The van der Waals surface area contributed by atoms with Gasteiger partial charge in [-0.25, -0.2) is 8.42 Å². The first-order valence-corrected chi connectivity index (χ1v) is 12.8. The van der Waals surface area contributed by atoms with Crippen molar-refractivity contribution in [3.63, 3.8) is 0 Å². The molecule has 0 aromatic heterocycles. The molecule has 0 fully saturated rings. The van der Waals surface area contributed by atoms with Crippen LogP contribution in [0, 0.1) is 6.92 Å². The molecule has 1 atom stereocenters. The molecular weight excluding hydrogens is 454 g/mol. The zero-order chi connectivity index (χ0) is 25.7. The number of ether oxygens (including phenoxy) is 1.